The normalized spacial score (nSPS) is 12.5. The highest BCUT2D eigenvalue weighted by Crippen LogP contribution is 2.44. The molecule has 0 nitrogen and oxygen atoms in total. The zero-order chi connectivity index (χ0) is 19.7. The van der Waals surface area contributed by atoms with E-state index in [0.29, 0.717) is 0 Å². The molecule has 0 fully saturated rings. The van der Waals surface area contributed by atoms with E-state index >= 15 is 0 Å². The van der Waals surface area contributed by atoms with E-state index in [1.54, 1.807) is 0 Å². The maximum absolute atomic E-state index is 2.45. The summed E-state index contributed by atoms with van der Waals surface area (Å²) in [6.45, 7) is 0. The van der Waals surface area contributed by atoms with E-state index in [2.05, 4.69) is 97.1 Å². The van der Waals surface area contributed by atoms with Crippen molar-refractivity contribution in [3.8, 4) is 22.3 Å². The molecule has 0 radical (unpaired) electrons. The van der Waals surface area contributed by atoms with Gasteiger partial charge in [0.2, 0.25) is 0 Å². The molecule has 7 rings (SSSR count). The SMILES string of the molecule is c1ccc(-c2ccc3c(c2)-c2cc4ccc5sc6ccccc6c5c4cc2C3)cc1. The minimum atomic E-state index is 1.02. The van der Waals surface area contributed by atoms with Crippen molar-refractivity contribution in [3.63, 3.8) is 0 Å². The van der Waals surface area contributed by atoms with Crippen LogP contribution < -0.4 is 0 Å². The summed E-state index contributed by atoms with van der Waals surface area (Å²) in [5.74, 6) is 0. The lowest BCUT2D eigenvalue weighted by Gasteiger charge is -2.08. The highest BCUT2D eigenvalue weighted by Gasteiger charge is 2.21. The van der Waals surface area contributed by atoms with E-state index in [1.165, 1.54) is 64.3 Å². The van der Waals surface area contributed by atoms with Gasteiger partial charge >= 0.3 is 0 Å². The molecule has 1 aliphatic carbocycles. The van der Waals surface area contributed by atoms with Crippen molar-refractivity contribution in [3.05, 3.63) is 108 Å². The van der Waals surface area contributed by atoms with Crippen LogP contribution in [0.3, 0.4) is 0 Å². The molecule has 6 aromatic rings. The van der Waals surface area contributed by atoms with Gasteiger partial charge in [-0.3, -0.25) is 0 Å². The van der Waals surface area contributed by atoms with Crippen LogP contribution in [0, 0.1) is 0 Å². The van der Waals surface area contributed by atoms with Crippen LogP contribution in [0.25, 0.3) is 53.2 Å². The fourth-order valence-electron chi connectivity index (χ4n) is 5.03. The molecule has 0 aliphatic heterocycles. The third-order valence-corrected chi connectivity index (χ3v) is 7.61. The van der Waals surface area contributed by atoms with Gasteiger partial charge < -0.3 is 0 Å². The zero-order valence-corrected chi connectivity index (χ0v) is 17.2. The summed E-state index contributed by atoms with van der Waals surface area (Å²) in [6.07, 6.45) is 1.02. The number of hydrogen-bond donors (Lipinski definition) is 0. The molecule has 0 amide bonds. The zero-order valence-electron chi connectivity index (χ0n) is 16.4. The van der Waals surface area contributed by atoms with Crippen LogP contribution in [-0.2, 0) is 6.42 Å². The quantitative estimate of drug-likeness (QED) is 0.260. The van der Waals surface area contributed by atoms with Crippen molar-refractivity contribution in [1.82, 2.24) is 0 Å². The molecule has 0 spiro atoms. The smallest absolute Gasteiger partial charge is 0.0361 e. The third-order valence-electron chi connectivity index (χ3n) is 6.47. The van der Waals surface area contributed by atoms with Crippen molar-refractivity contribution in [1.29, 1.82) is 0 Å². The van der Waals surface area contributed by atoms with Crippen LogP contribution in [0.1, 0.15) is 11.1 Å². The molecular formula is C29H18S. The Labute approximate surface area is 179 Å². The van der Waals surface area contributed by atoms with Crippen LogP contribution in [0.5, 0.6) is 0 Å². The first kappa shape index (κ1) is 16.4. The maximum atomic E-state index is 2.45. The van der Waals surface area contributed by atoms with Gasteiger partial charge in [-0.05, 0) is 80.9 Å². The van der Waals surface area contributed by atoms with E-state index < -0.39 is 0 Å². The molecule has 1 heterocycles. The van der Waals surface area contributed by atoms with Gasteiger partial charge in [0.05, 0.1) is 0 Å². The third kappa shape index (κ3) is 2.27. The molecule has 0 saturated heterocycles. The van der Waals surface area contributed by atoms with E-state index in [1.807, 2.05) is 11.3 Å². The molecule has 0 unspecified atom stereocenters. The van der Waals surface area contributed by atoms with Crippen LogP contribution in [0.4, 0.5) is 0 Å². The Morgan fingerprint density at radius 2 is 1.37 bits per heavy atom. The molecule has 1 heteroatoms. The molecule has 0 bridgehead atoms. The summed E-state index contributed by atoms with van der Waals surface area (Å²) in [6, 6.07) is 35.9. The second kappa shape index (κ2) is 6.04. The number of fused-ring (bicyclic) bond motifs is 8. The monoisotopic (exact) mass is 398 g/mol. The largest absolute Gasteiger partial charge is 0.135 e. The summed E-state index contributed by atoms with van der Waals surface area (Å²) >= 11 is 1.90. The molecular weight excluding hydrogens is 380 g/mol. The topological polar surface area (TPSA) is 0 Å². The van der Waals surface area contributed by atoms with Crippen molar-refractivity contribution >= 4 is 42.3 Å². The number of benzene rings is 5. The average molecular weight is 399 g/mol. The van der Waals surface area contributed by atoms with Crippen molar-refractivity contribution < 1.29 is 0 Å². The van der Waals surface area contributed by atoms with E-state index in [9.17, 15) is 0 Å². The molecule has 1 aliphatic rings. The molecule has 1 aromatic heterocycles. The van der Waals surface area contributed by atoms with Crippen LogP contribution in [0.2, 0.25) is 0 Å². The van der Waals surface area contributed by atoms with Gasteiger partial charge in [-0.25, -0.2) is 0 Å². The highest BCUT2D eigenvalue weighted by molar-refractivity contribution is 7.26. The Hall–Kier alpha value is -3.42. The standard InChI is InChI=1S/C29H18S/c1-2-6-18(7-3-1)19-10-11-20-14-22-17-26-21(16-25(22)24(20)15-19)12-13-28-29(26)23-8-4-5-9-27(23)30-28/h1-13,15-17H,14H2. The van der Waals surface area contributed by atoms with E-state index in [0.717, 1.165) is 6.42 Å². The number of rotatable bonds is 1. The minimum absolute atomic E-state index is 1.02. The lowest BCUT2D eigenvalue weighted by atomic mass is 9.96. The van der Waals surface area contributed by atoms with Crippen LogP contribution >= 0.6 is 11.3 Å². The summed E-state index contributed by atoms with van der Waals surface area (Å²) < 4.78 is 2.75. The fourth-order valence-corrected chi connectivity index (χ4v) is 6.16. The van der Waals surface area contributed by atoms with Gasteiger partial charge in [0, 0.05) is 20.2 Å². The van der Waals surface area contributed by atoms with Crippen molar-refractivity contribution in [2.75, 3.05) is 0 Å². The average Bonchev–Trinajstić information content (AvgIpc) is 3.35. The second-order valence-electron chi connectivity index (χ2n) is 8.18. The molecule has 0 N–H and O–H groups in total. The number of hydrogen-bond acceptors (Lipinski definition) is 1. The predicted octanol–water partition coefficient (Wildman–Crippen LogP) is 8.45. The number of thiophene rings is 1. The Morgan fingerprint density at radius 1 is 0.533 bits per heavy atom. The lowest BCUT2D eigenvalue weighted by Crippen LogP contribution is -1.83. The fraction of sp³-hybridized carbons (Fsp3) is 0.0345. The van der Waals surface area contributed by atoms with Crippen LogP contribution in [-0.4, -0.2) is 0 Å². The van der Waals surface area contributed by atoms with Gasteiger partial charge in [0.25, 0.3) is 0 Å². The Morgan fingerprint density at radius 3 is 2.30 bits per heavy atom. The van der Waals surface area contributed by atoms with Gasteiger partial charge in [0.1, 0.15) is 0 Å². The first-order chi connectivity index (χ1) is 14.8. The Bertz CT molecular complexity index is 1600. The summed E-state index contributed by atoms with van der Waals surface area (Å²) in [4.78, 5) is 0. The second-order valence-corrected chi connectivity index (χ2v) is 9.27. The first-order valence-corrected chi connectivity index (χ1v) is 11.2. The Kier molecular flexibility index (Phi) is 3.30. The molecule has 0 saturated carbocycles. The minimum Gasteiger partial charge on any atom is -0.135 e. The van der Waals surface area contributed by atoms with Crippen molar-refractivity contribution in [2.45, 2.75) is 6.42 Å². The predicted molar refractivity (Wildman–Crippen MR) is 131 cm³/mol. The van der Waals surface area contributed by atoms with E-state index in [4.69, 9.17) is 0 Å². The van der Waals surface area contributed by atoms with Gasteiger partial charge in [-0.1, -0.05) is 66.7 Å². The van der Waals surface area contributed by atoms with Gasteiger partial charge in [-0.2, -0.15) is 0 Å². The molecule has 30 heavy (non-hydrogen) atoms. The molecule has 5 aromatic carbocycles. The first-order valence-electron chi connectivity index (χ1n) is 10.4. The lowest BCUT2D eigenvalue weighted by molar-refractivity contribution is 1.27. The summed E-state index contributed by atoms with van der Waals surface area (Å²) in [5.41, 5.74) is 8.25. The summed E-state index contributed by atoms with van der Waals surface area (Å²) in [7, 11) is 0. The van der Waals surface area contributed by atoms with Gasteiger partial charge in [-0.15, -0.1) is 11.3 Å². The molecule has 0 atom stereocenters. The molecule has 140 valence electrons. The highest BCUT2D eigenvalue weighted by atomic mass is 32.1. The van der Waals surface area contributed by atoms with E-state index in [-0.39, 0.29) is 0 Å². The Balaban J connectivity index is 1.48. The van der Waals surface area contributed by atoms with Crippen molar-refractivity contribution in [2.24, 2.45) is 0 Å². The maximum Gasteiger partial charge on any atom is 0.0361 e. The summed E-state index contributed by atoms with van der Waals surface area (Å²) in [5, 5.41) is 5.52. The van der Waals surface area contributed by atoms with Crippen LogP contribution in [0.15, 0.2) is 97.1 Å². The van der Waals surface area contributed by atoms with Gasteiger partial charge in [0.15, 0.2) is 0 Å².